The number of carboxylic acid groups (broad SMARTS) is 2. The molecule has 0 aromatic heterocycles. The Bertz CT molecular complexity index is 1270. The van der Waals surface area contributed by atoms with Crippen molar-refractivity contribution >= 4 is 63.3 Å². The molecule has 1 saturated carbocycles. The van der Waals surface area contributed by atoms with Crippen LogP contribution >= 0.6 is 15.9 Å². The van der Waals surface area contributed by atoms with Crippen LogP contribution < -0.4 is 31.9 Å². The molecule has 0 radical (unpaired) electrons. The highest BCUT2D eigenvalue weighted by atomic mass is 79.9. The first-order valence-corrected chi connectivity index (χ1v) is 21.0. The minimum absolute atomic E-state index is 0.0232. The Hall–Kier alpha value is -3.92. The molecule has 21 heteroatoms. The van der Waals surface area contributed by atoms with Crippen LogP contribution in [0, 0.1) is 11.8 Å². The second kappa shape index (κ2) is 33.0. The molecule has 0 bridgehead atoms. The van der Waals surface area contributed by atoms with Gasteiger partial charge in [0.1, 0.15) is 25.3 Å². The van der Waals surface area contributed by atoms with Crippen molar-refractivity contribution in [3.8, 4) is 0 Å². The maximum Gasteiger partial charge on any atom is 0.326 e. The van der Waals surface area contributed by atoms with Gasteiger partial charge in [-0.1, -0.05) is 22.9 Å². The lowest BCUT2D eigenvalue weighted by Gasteiger charge is -2.28. The van der Waals surface area contributed by atoms with Crippen molar-refractivity contribution in [3.63, 3.8) is 0 Å². The number of ether oxygens (including phenoxy) is 4. The molecular weight excluding hydrogens is 832 g/mol. The predicted molar refractivity (Wildman–Crippen MR) is 212 cm³/mol. The number of carbonyl (C=O) groups is 8. The van der Waals surface area contributed by atoms with E-state index in [-0.39, 0.29) is 126 Å². The van der Waals surface area contributed by atoms with Gasteiger partial charge in [-0.15, -0.1) is 0 Å². The van der Waals surface area contributed by atoms with Crippen molar-refractivity contribution in [2.45, 2.75) is 89.6 Å². The van der Waals surface area contributed by atoms with Gasteiger partial charge in [0.15, 0.2) is 0 Å². The third-order valence-electron chi connectivity index (χ3n) is 8.90. The van der Waals surface area contributed by atoms with E-state index in [0.717, 1.165) is 19.3 Å². The molecule has 6 amide bonds. The second-order valence-corrected chi connectivity index (χ2v) is 14.2. The van der Waals surface area contributed by atoms with Crippen LogP contribution in [-0.4, -0.2) is 154 Å². The maximum atomic E-state index is 12.7. The fraction of sp³-hybridized carbons (Fsp3) is 0.784. The number of hydrogen-bond donors (Lipinski definition) is 8. The molecule has 0 saturated heterocycles. The summed E-state index contributed by atoms with van der Waals surface area (Å²) < 4.78 is 21.2. The van der Waals surface area contributed by atoms with Crippen molar-refractivity contribution in [3.05, 3.63) is 0 Å². The average molecular weight is 896 g/mol. The minimum atomic E-state index is -1.21. The molecule has 0 aromatic carbocycles. The van der Waals surface area contributed by atoms with Gasteiger partial charge in [-0.25, -0.2) is 9.59 Å². The monoisotopic (exact) mass is 894 g/mol. The van der Waals surface area contributed by atoms with Crippen molar-refractivity contribution < 1.29 is 67.5 Å². The Morgan fingerprint density at radius 3 is 1.71 bits per heavy atom. The van der Waals surface area contributed by atoms with Crippen molar-refractivity contribution in [1.82, 2.24) is 31.9 Å². The van der Waals surface area contributed by atoms with E-state index >= 15 is 0 Å². The fourth-order valence-electron chi connectivity index (χ4n) is 5.70. The Morgan fingerprint density at radius 2 is 1.12 bits per heavy atom. The highest BCUT2D eigenvalue weighted by Gasteiger charge is 2.30. The van der Waals surface area contributed by atoms with E-state index in [4.69, 9.17) is 18.9 Å². The lowest BCUT2D eigenvalue weighted by Crippen LogP contribution is -2.45. The molecule has 1 rings (SSSR count). The largest absolute Gasteiger partial charge is 0.480 e. The molecule has 332 valence electrons. The molecule has 0 heterocycles. The number of aliphatic carboxylic acids is 2. The summed E-state index contributed by atoms with van der Waals surface area (Å²) >= 11 is 3.03. The molecular formula is C37H63BrN6O14. The summed E-state index contributed by atoms with van der Waals surface area (Å²) in [7, 11) is 0. The van der Waals surface area contributed by atoms with Crippen LogP contribution in [0.25, 0.3) is 0 Å². The topological polar surface area (TPSA) is 286 Å². The molecule has 0 spiro atoms. The summed E-state index contributed by atoms with van der Waals surface area (Å²) in [4.78, 5) is 95.0. The lowest BCUT2D eigenvalue weighted by atomic mass is 9.81. The van der Waals surface area contributed by atoms with Gasteiger partial charge in [0, 0.05) is 44.9 Å². The summed E-state index contributed by atoms with van der Waals surface area (Å²) in [5.41, 5.74) is 0. The predicted octanol–water partition coefficient (Wildman–Crippen LogP) is -0.392. The van der Waals surface area contributed by atoms with Gasteiger partial charge in [0.2, 0.25) is 35.4 Å². The van der Waals surface area contributed by atoms with Crippen molar-refractivity contribution in [2.24, 2.45) is 11.8 Å². The van der Waals surface area contributed by atoms with Crippen LogP contribution in [0.15, 0.2) is 0 Å². The molecule has 8 N–H and O–H groups in total. The van der Waals surface area contributed by atoms with Crippen LogP contribution in [0.4, 0.5) is 0 Å². The van der Waals surface area contributed by atoms with Crippen LogP contribution in [0.5, 0.6) is 0 Å². The first kappa shape index (κ1) is 52.1. The van der Waals surface area contributed by atoms with Crippen molar-refractivity contribution in [2.75, 3.05) is 84.4 Å². The summed E-state index contributed by atoms with van der Waals surface area (Å²) in [5.74, 6) is -4.19. The average Bonchev–Trinajstić information content (AvgIpc) is 3.19. The number of hydrogen-bond acceptors (Lipinski definition) is 12. The van der Waals surface area contributed by atoms with E-state index in [9.17, 15) is 48.6 Å². The summed E-state index contributed by atoms with van der Waals surface area (Å²) in [6.07, 6.45) is 5.13. The van der Waals surface area contributed by atoms with E-state index < -0.39 is 29.9 Å². The molecule has 0 unspecified atom stereocenters. The maximum absolute atomic E-state index is 12.7. The van der Waals surface area contributed by atoms with Gasteiger partial charge in [-0.3, -0.25) is 28.8 Å². The SMILES string of the molecule is CCCC(=O)NC[C@H]1CC[C@H](C(=O)N[C@@H](CCC(=O)NCCOCCOCC(=O)NCCOCCOCC(=O)N[C@@H](CCCCNC(=O)CBr)C(=O)O)C(=O)O)CC1. The number of unbranched alkanes of at least 4 members (excludes halogenated alkanes) is 1. The molecule has 1 fully saturated rings. The molecule has 1 aliphatic rings. The summed E-state index contributed by atoms with van der Waals surface area (Å²) in [6, 6.07) is -2.25. The van der Waals surface area contributed by atoms with E-state index in [1.165, 1.54) is 0 Å². The zero-order valence-corrected chi connectivity index (χ0v) is 35.0. The van der Waals surface area contributed by atoms with Gasteiger partial charge in [0.25, 0.3) is 0 Å². The molecule has 1 aliphatic carbocycles. The van der Waals surface area contributed by atoms with Crippen LogP contribution in [0.3, 0.4) is 0 Å². The van der Waals surface area contributed by atoms with Crippen LogP contribution in [-0.2, 0) is 57.3 Å². The number of alkyl halides is 1. The molecule has 20 nitrogen and oxygen atoms in total. The number of rotatable bonds is 34. The van der Waals surface area contributed by atoms with E-state index in [1.807, 2.05) is 6.92 Å². The standard InChI is InChI=1S/C37H63BrN6O14/c1-2-5-30(45)42-23-26-7-9-27(10-8-26)35(50)44-29(37(53)54)11-12-31(46)40-14-16-55-18-20-57-24-33(48)41-15-17-56-19-21-58-25-34(49)43-28(36(51)52)6-3-4-13-39-32(47)22-38/h26-29H,2-25H2,1H3,(H,39,47)(H,40,46)(H,41,48)(H,42,45)(H,43,49)(H,44,50)(H,51,52)(H,53,54)/t26-,27-,28-,29-/m0/s1. The Labute approximate surface area is 347 Å². The highest BCUT2D eigenvalue weighted by molar-refractivity contribution is 9.09. The van der Waals surface area contributed by atoms with Gasteiger partial charge in [0.05, 0.1) is 45.0 Å². The van der Waals surface area contributed by atoms with E-state index in [0.29, 0.717) is 51.1 Å². The minimum Gasteiger partial charge on any atom is -0.480 e. The van der Waals surface area contributed by atoms with Gasteiger partial charge < -0.3 is 61.1 Å². The quantitative estimate of drug-likeness (QED) is 0.0302. The zero-order chi connectivity index (χ0) is 43.0. The molecule has 0 aliphatic heterocycles. The smallest absolute Gasteiger partial charge is 0.326 e. The number of carboxylic acids is 2. The van der Waals surface area contributed by atoms with E-state index in [2.05, 4.69) is 47.8 Å². The Balaban J connectivity index is 2.03. The highest BCUT2D eigenvalue weighted by Crippen LogP contribution is 2.28. The molecule has 58 heavy (non-hydrogen) atoms. The fourth-order valence-corrected chi connectivity index (χ4v) is 5.90. The van der Waals surface area contributed by atoms with Crippen LogP contribution in [0.2, 0.25) is 0 Å². The first-order chi connectivity index (χ1) is 27.9. The Kier molecular flexibility index (Phi) is 29.6. The number of carbonyl (C=O) groups excluding carboxylic acids is 6. The number of nitrogens with one attached hydrogen (secondary N) is 6. The molecule has 2 atom stereocenters. The van der Waals surface area contributed by atoms with Gasteiger partial charge >= 0.3 is 11.9 Å². The van der Waals surface area contributed by atoms with Crippen LogP contribution in [0.1, 0.15) is 77.6 Å². The zero-order valence-electron chi connectivity index (χ0n) is 33.5. The van der Waals surface area contributed by atoms with Gasteiger partial charge in [-0.2, -0.15) is 0 Å². The first-order valence-electron chi connectivity index (χ1n) is 19.8. The number of halogens is 1. The van der Waals surface area contributed by atoms with Crippen molar-refractivity contribution in [1.29, 1.82) is 0 Å². The van der Waals surface area contributed by atoms with Gasteiger partial charge in [-0.05, 0) is 63.7 Å². The summed E-state index contributed by atoms with van der Waals surface area (Å²) in [6.45, 7) is 3.65. The number of amides is 6. The lowest BCUT2D eigenvalue weighted by molar-refractivity contribution is -0.143. The van der Waals surface area contributed by atoms with E-state index in [1.54, 1.807) is 0 Å². The third-order valence-corrected chi connectivity index (χ3v) is 9.41. The molecule has 0 aromatic rings. The second-order valence-electron chi connectivity index (χ2n) is 13.7. The Morgan fingerprint density at radius 1 is 0.586 bits per heavy atom. The third kappa shape index (κ3) is 26.9. The normalized spacial score (nSPS) is 16.0. The summed E-state index contributed by atoms with van der Waals surface area (Å²) in [5, 5.41) is 34.9.